The van der Waals surface area contributed by atoms with Crippen molar-refractivity contribution >= 4 is 22.4 Å². The van der Waals surface area contributed by atoms with Gasteiger partial charge in [0.25, 0.3) is 5.91 Å². The van der Waals surface area contributed by atoms with Crippen molar-refractivity contribution in [2.24, 2.45) is 0 Å². The molecule has 0 saturated carbocycles. The van der Waals surface area contributed by atoms with E-state index in [4.69, 9.17) is 0 Å². The molecule has 140 valence electrons. The minimum absolute atomic E-state index is 0.0384. The molecule has 3 aromatic rings. The molecule has 0 heterocycles. The minimum atomic E-state index is -0.0384. The second-order valence-electron chi connectivity index (χ2n) is 7.20. The van der Waals surface area contributed by atoms with Crippen LogP contribution in [0, 0.1) is 0 Å². The van der Waals surface area contributed by atoms with Crippen LogP contribution in [0.2, 0.25) is 0 Å². The summed E-state index contributed by atoms with van der Waals surface area (Å²) in [5, 5.41) is 5.18. The fourth-order valence-electron chi connectivity index (χ4n) is 3.30. The molecule has 0 bridgehead atoms. The van der Waals surface area contributed by atoms with Crippen molar-refractivity contribution in [3.63, 3.8) is 0 Å². The summed E-state index contributed by atoms with van der Waals surface area (Å²) in [4.78, 5) is 17.0. The van der Waals surface area contributed by atoms with Gasteiger partial charge in [0.05, 0.1) is 6.04 Å². The van der Waals surface area contributed by atoms with Crippen LogP contribution < -0.4 is 10.2 Å². The van der Waals surface area contributed by atoms with Gasteiger partial charge in [0, 0.05) is 31.9 Å². The average molecular weight is 361 g/mol. The summed E-state index contributed by atoms with van der Waals surface area (Å²) < 4.78 is 0. The maximum atomic E-state index is 12.8. The zero-order chi connectivity index (χ0) is 19.4. The number of fused-ring (bicyclic) bond motifs is 1. The van der Waals surface area contributed by atoms with Crippen LogP contribution in [0.3, 0.4) is 0 Å². The molecule has 1 unspecified atom stereocenters. The van der Waals surface area contributed by atoms with Gasteiger partial charge in [0.15, 0.2) is 0 Å². The molecule has 27 heavy (non-hydrogen) atoms. The molecule has 3 rings (SSSR count). The number of carbonyl (C=O) groups is 1. The van der Waals surface area contributed by atoms with Crippen LogP contribution in [0.25, 0.3) is 10.8 Å². The fraction of sp³-hybridized carbons (Fsp3) is 0.261. The summed E-state index contributed by atoms with van der Waals surface area (Å²) in [7, 11) is 8.13. The third-order valence-corrected chi connectivity index (χ3v) is 4.91. The maximum Gasteiger partial charge on any atom is 0.251 e. The number of hydrogen-bond acceptors (Lipinski definition) is 3. The van der Waals surface area contributed by atoms with Crippen LogP contribution in [0.5, 0.6) is 0 Å². The minimum Gasteiger partial charge on any atom is -0.378 e. The Morgan fingerprint density at radius 3 is 2.22 bits per heavy atom. The van der Waals surface area contributed by atoms with Crippen LogP contribution in [0.15, 0.2) is 66.7 Å². The standard InChI is InChI=1S/C23H27N3O/c1-25(2)19-14-12-18(13-15-19)22(26(3)4)16-24-23(27)21-11-7-9-17-8-5-6-10-20(17)21/h5-15,22H,16H2,1-4H3,(H,24,27). The number of nitrogens with one attached hydrogen (secondary N) is 1. The van der Waals surface area contributed by atoms with E-state index in [1.807, 2.05) is 70.7 Å². The van der Waals surface area contributed by atoms with Gasteiger partial charge < -0.3 is 15.1 Å². The highest BCUT2D eigenvalue weighted by atomic mass is 16.1. The lowest BCUT2D eigenvalue weighted by atomic mass is 10.0. The number of carbonyl (C=O) groups excluding carboxylic acids is 1. The lowest BCUT2D eigenvalue weighted by molar-refractivity contribution is 0.0943. The second kappa shape index (κ2) is 8.23. The number of amides is 1. The van der Waals surface area contributed by atoms with E-state index in [1.165, 1.54) is 5.56 Å². The van der Waals surface area contributed by atoms with Crippen molar-refractivity contribution in [3.8, 4) is 0 Å². The zero-order valence-corrected chi connectivity index (χ0v) is 16.4. The summed E-state index contributed by atoms with van der Waals surface area (Å²) in [6, 6.07) is 22.4. The van der Waals surface area contributed by atoms with Gasteiger partial charge in [-0.05, 0) is 48.6 Å². The molecular weight excluding hydrogens is 334 g/mol. The van der Waals surface area contributed by atoms with Crippen LogP contribution in [-0.2, 0) is 0 Å². The number of hydrogen-bond donors (Lipinski definition) is 1. The molecule has 4 heteroatoms. The Kier molecular flexibility index (Phi) is 5.77. The van der Waals surface area contributed by atoms with Crippen molar-refractivity contribution in [1.82, 2.24) is 10.2 Å². The van der Waals surface area contributed by atoms with Gasteiger partial charge >= 0.3 is 0 Å². The van der Waals surface area contributed by atoms with Gasteiger partial charge in [-0.3, -0.25) is 4.79 Å². The Morgan fingerprint density at radius 1 is 0.889 bits per heavy atom. The molecule has 0 aliphatic rings. The van der Waals surface area contributed by atoms with Gasteiger partial charge in [-0.25, -0.2) is 0 Å². The predicted octanol–water partition coefficient (Wildman–Crippen LogP) is 3.94. The highest BCUT2D eigenvalue weighted by molar-refractivity contribution is 6.07. The second-order valence-corrected chi connectivity index (χ2v) is 7.20. The summed E-state index contributed by atoms with van der Waals surface area (Å²) >= 11 is 0. The van der Waals surface area contributed by atoms with Gasteiger partial charge in [0.1, 0.15) is 0 Å². The lowest BCUT2D eigenvalue weighted by Crippen LogP contribution is -2.34. The third-order valence-electron chi connectivity index (χ3n) is 4.91. The normalized spacial score (nSPS) is 12.2. The van der Waals surface area contributed by atoms with E-state index in [0.717, 1.165) is 16.5 Å². The van der Waals surface area contributed by atoms with Crippen LogP contribution in [0.1, 0.15) is 22.0 Å². The van der Waals surface area contributed by atoms with Crippen molar-refractivity contribution in [1.29, 1.82) is 0 Å². The van der Waals surface area contributed by atoms with Crippen molar-refractivity contribution in [2.45, 2.75) is 6.04 Å². The summed E-state index contributed by atoms with van der Waals surface area (Å²) in [6.45, 7) is 0.552. The van der Waals surface area contributed by atoms with E-state index in [-0.39, 0.29) is 11.9 Å². The predicted molar refractivity (Wildman–Crippen MR) is 113 cm³/mol. The van der Waals surface area contributed by atoms with E-state index in [2.05, 4.69) is 39.4 Å². The maximum absolute atomic E-state index is 12.8. The molecular formula is C23H27N3O. The van der Waals surface area contributed by atoms with Crippen molar-refractivity contribution in [2.75, 3.05) is 39.6 Å². The smallest absolute Gasteiger partial charge is 0.251 e. The fourth-order valence-corrected chi connectivity index (χ4v) is 3.30. The molecule has 0 radical (unpaired) electrons. The number of rotatable bonds is 6. The molecule has 3 aromatic carbocycles. The van der Waals surface area contributed by atoms with E-state index in [9.17, 15) is 4.79 Å². The number of benzene rings is 3. The van der Waals surface area contributed by atoms with E-state index >= 15 is 0 Å². The van der Waals surface area contributed by atoms with Crippen LogP contribution >= 0.6 is 0 Å². The largest absolute Gasteiger partial charge is 0.378 e. The van der Waals surface area contributed by atoms with E-state index < -0.39 is 0 Å². The molecule has 0 fully saturated rings. The first-order valence-corrected chi connectivity index (χ1v) is 9.17. The summed E-state index contributed by atoms with van der Waals surface area (Å²) in [5.74, 6) is -0.0384. The van der Waals surface area contributed by atoms with E-state index in [1.54, 1.807) is 0 Å². The molecule has 0 saturated heterocycles. The number of anilines is 1. The molecule has 0 aromatic heterocycles. The molecule has 4 nitrogen and oxygen atoms in total. The summed E-state index contributed by atoms with van der Waals surface area (Å²) in [5.41, 5.74) is 3.06. The number of likely N-dealkylation sites (N-methyl/N-ethyl adjacent to an activating group) is 1. The summed E-state index contributed by atoms with van der Waals surface area (Å²) in [6.07, 6.45) is 0. The van der Waals surface area contributed by atoms with Crippen molar-refractivity contribution < 1.29 is 4.79 Å². The first kappa shape index (κ1) is 18.9. The Hall–Kier alpha value is -2.85. The Bertz CT molecular complexity index is 911. The van der Waals surface area contributed by atoms with Gasteiger partial charge in [-0.2, -0.15) is 0 Å². The molecule has 0 aliphatic carbocycles. The average Bonchev–Trinajstić information content (AvgIpc) is 2.67. The SMILES string of the molecule is CN(C)c1ccc(C(CNC(=O)c2cccc3ccccc23)N(C)C)cc1. The molecule has 0 spiro atoms. The molecule has 0 aliphatic heterocycles. The molecule has 1 amide bonds. The topological polar surface area (TPSA) is 35.6 Å². The van der Waals surface area contributed by atoms with Gasteiger partial charge in [-0.1, -0.05) is 48.5 Å². The highest BCUT2D eigenvalue weighted by Gasteiger charge is 2.17. The lowest BCUT2D eigenvalue weighted by Gasteiger charge is -2.26. The Morgan fingerprint density at radius 2 is 1.56 bits per heavy atom. The monoisotopic (exact) mass is 361 g/mol. The first-order chi connectivity index (χ1) is 13.0. The van der Waals surface area contributed by atoms with Crippen molar-refractivity contribution in [3.05, 3.63) is 77.9 Å². The Balaban J connectivity index is 1.76. The molecule has 1 atom stereocenters. The third kappa shape index (κ3) is 4.29. The van der Waals surface area contributed by atoms with Crippen LogP contribution in [0.4, 0.5) is 5.69 Å². The zero-order valence-electron chi connectivity index (χ0n) is 16.4. The van der Waals surface area contributed by atoms with Gasteiger partial charge in [-0.15, -0.1) is 0 Å². The quantitative estimate of drug-likeness (QED) is 0.722. The van der Waals surface area contributed by atoms with Crippen LogP contribution in [-0.4, -0.2) is 45.5 Å². The Labute approximate surface area is 161 Å². The number of nitrogens with zero attached hydrogens (tertiary/aromatic N) is 2. The first-order valence-electron chi connectivity index (χ1n) is 9.17. The van der Waals surface area contributed by atoms with Gasteiger partial charge in [0.2, 0.25) is 0 Å². The molecule has 1 N–H and O–H groups in total. The van der Waals surface area contributed by atoms with E-state index in [0.29, 0.717) is 12.1 Å². The highest BCUT2D eigenvalue weighted by Crippen LogP contribution is 2.22.